The van der Waals surface area contributed by atoms with Crippen LogP contribution in [0, 0.1) is 6.92 Å². The van der Waals surface area contributed by atoms with Crippen LogP contribution in [0.2, 0.25) is 0 Å². The summed E-state index contributed by atoms with van der Waals surface area (Å²) < 4.78 is 10.9. The van der Waals surface area contributed by atoms with Crippen molar-refractivity contribution in [1.82, 2.24) is 15.5 Å². The lowest BCUT2D eigenvalue weighted by atomic mass is 10.1. The Kier molecular flexibility index (Phi) is 5.33. The molecule has 1 atom stereocenters. The first-order valence-corrected chi connectivity index (χ1v) is 7.36. The SMILES string of the molecule is CCCc1noc(COc2ccc(C(C)NC)cc2C)n1. The average molecular weight is 289 g/mol. The molecule has 114 valence electrons. The predicted molar refractivity (Wildman–Crippen MR) is 81.3 cm³/mol. The fourth-order valence-electron chi connectivity index (χ4n) is 2.08. The number of hydrogen-bond donors (Lipinski definition) is 1. The van der Waals surface area contributed by atoms with E-state index < -0.39 is 0 Å². The summed E-state index contributed by atoms with van der Waals surface area (Å²) in [5.41, 5.74) is 2.34. The molecule has 21 heavy (non-hydrogen) atoms. The molecule has 0 aliphatic heterocycles. The monoisotopic (exact) mass is 289 g/mol. The van der Waals surface area contributed by atoms with Crippen molar-refractivity contribution >= 4 is 0 Å². The van der Waals surface area contributed by atoms with Crippen molar-refractivity contribution in [3.8, 4) is 5.75 Å². The van der Waals surface area contributed by atoms with Gasteiger partial charge in [-0.25, -0.2) is 0 Å². The molecule has 0 saturated heterocycles. The second-order valence-electron chi connectivity index (χ2n) is 5.18. The van der Waals surface area contributed by atoms with Crippen LogP contribution in [-0.4, -0.2) is 17.2 Å². The standard InChI is InChI=1S/C16H23N3O2/c1-5-6-15-18-16(21-19-15)10-20-14-8-7-13(9-11(14)2)12(3)17-4/h7-9,12,17H,5-6,10H2,1-4H3. The van der Waals surface area contributed by atoms with Crippen LogP contribution in [0.1, 0.15) is 49.2 Å². The van der Waals surface area contributed by atoms with E-state index in [4.69, 9.17) is 9.26 Å². The van der Waals surface area contributed by atoms with Gasteiger partial charge in [-0.3, -0.25) is 0 Å². The number of rotatable bonds is 7. The van der Waals surface area contributed by atoms with Gasteiger partial charge in [0.05, 0.1) is 0 Å². The Morgan fingerprint density at radius 3 is 2.86 bits per heavy atom. The molecule has 1 aromatic carbocycles. The number of aromatic nitrogens is 2. The Hall–Kier alpha value is -1.88. The van der Waals surface area contributed by atoms with Crippen molar-refractivity contribution in [1.29, 1.82) is 0 Å². The summed E-state index contributed by atoms with van der Waals surface area (Å²) >= 11 is 0. The van der Waals surface area contributed by atoms with E-state index in [1.165, 1.54) is 5.56 Å². The van der Waals surface area contributed by atoms with Crippen molar-refractivity contribution in [2.45, 2.75) is 46.3 Å². The smallest absolute Gasteiger partial charge is 0.264 e. The Morgan fingerprint density at radius 2 is 2.19 bits per heavy atom. The number of aryl methyl sites for hydroxylation is 2. The highest BCUT2D eigenvalue weighted by atomic mass is 16.5. The molecule has 5 heteroatoms. The summed E-state index contributed by atoms with van der Waals surface area (Å²) in [4.78, 5) is 4.29. The maximum absolute atomic E-state index is 5.77. The fourth-order valence-corrected chi connectivity index (χ4v) is 2.08. The van der Waals surface area contributed by atoms with Gasteiger partial charge in [0, 0.05) is 12.5 Å². The van der Waals surface area contributed by atoms with Crippen molar-refractivity contribution in [3.63, 3.8) is 0 Å². The number of nitrogens with one attached hydrogen (secondary N) is 1. The Labute approximate surface area is 125 Å². The minimum Gasteiger partial charge on any atom is -0.483 e. The van der Waals surface area contributed by atoms with E-state index >= 15 is 0 Å². The van der Waals surface area contributed by atoms with E-state index in [-0.39, 0.29) is 0 Å². The lowest BCUT2D eigenvalue weighted by Crippen LogP contribution is -2.12. The third-order valence-corrected chi connectivity index (χ3v) is 3.47. The molecule has 1 aromatic heterocycles. The van der Waals surface area contributed by atoms with E-state index in [0.29, 0.717) is 18.5 Å². The van der Waals surface area contributed by atoms with Crippen LogP contribution >= 0.6 is 0 Å². The molecule has 0 fully saturated rings. The lowest BCUT2D eigenvalue weighted by Gasteiger charge is -2.13. The van der Waals surface area contributed by atoms with Crippen LogP contribution < -0.4 is 10.1 Å². The molecular formula is C16H23N3O2. The molecule has 1 unspecified atom stereocenters. The topological polar surface area (TPSA) is 60.2 Å². The summed E-state index contributed by atoms with van der Waals surface area (Å²) in [6, 6.07) is 6.51. The summed E-state index contributed by atoms with van der Waals surface area (Å²) in [7, 11) is 1.95. The van der Waals surface area contributed by atoms with Gasteiger partial charge in [0.2, 0.25) is 0 Å². The lowest BCUT2D eigenvalue weighted by molar-refractivity contribution is 0.241. The minimum absolute atomic E-state index is 0.304. The Bertz CT molecular complexity index is 581. The first-order chi connectivity index (χ1) is 10.1. The quantitative estimate of drug-likeness (QED) is 0.848. The van der Waals surface area contributed by atoms with Gasteiger partial charge in [-0.05, 0) is 44.5 Å². The van der Waals surface area contributed by atoms with Crippen molar-refractivity contribution in [2.75, 3.05) is 7.05 Å². The summed E-state index contributed by atoms with van der Waals surface area (Å²) in [6.07, 6.45) is 1.84. The van der Waals surface area contributed by atoms with Crippen LogP contribution in [0.4, 0.5) is 0 Å². The molecule has 0 spiro atoms. The van der Waals surface area contributed by atoms with E-state index in [1.54, 1.807) is 0 Å². The number of nitrogens with zero attached hydrogens (tertiary/aromatic N) is 2. The molecule has 0 saturated carbocycles. The zero-order valence-electron chi connectivity index (χ0n) is 13.1. The van der Waals surface area contributed by atoms with Crippen molar-refractivity contribution in [2.24, 2.45) is 0 Å². The highest BCUT2D eigenvalue weighted by Crippen LogP contribution is 2.23. The van der Waals surface area contributed by atoms with Gasteiger partial charge in [0.25, 0.3) is 5.89 Å². The third-order valence-electron chi connectivity index (χ3n) is 3.47. The van der Waals surface area contributed by atoms with Crippen LogP contribution in [0.25, 0.3) is 0 Å². The zero-order chi connectivity index (χ0) is 15.2. The first kappa shape index (κ1) is 15.5. The second-order valence-corrected chi connectivity index (χ2v) is 5.18. The zero-order valence-corrected chi connectivity index (χ0v) is 13.1. The largest absolute Gasteiger partial charge is 0.483 e. The summed E-state index contributed by atoms with van der Waals surface area (Å²) in [5.74, 6) is 2.11. The normalized spacial score (nSPS) is 12.4. The van der Waals surface area contributed by atoms with Gasteiger partial charge in [-0.15, -0.1) is 0 Å². The first-order valence-electron chi connectivity index (χ1n) is 7.36. The number of benzene rings is 1. The van der Waals surface area contributed by atoms with E-state index in [2.05, 4.69) is 41.4 Å². The van der Waals surface area contributed by atoms with Gasteiger partial charge in [-0.2, -0.15) is 4.98 Å². The van der Waals surface area contributed by atoms with Gasteiger partial charge in [0.15, 0.2) is 12.4 Å². The number of hydrogen-bond acceptors (Lipinski definition) is 5. The molecule has 0 amide bonds. The van der Waals surface area contributed by atoms with Gasteiger partial charge >= 0.3 is 0 Å². The van der Waals surface area contributed by atoms with Crippen molar-refractivity contribution in [3.05, 3.63) is 41.0 Å². The summed E-state index contributed by atoms with van der Waals surface area (Å²) in [6.45, 7) is 6.56. The molecule has 0 radical (unpaired) electrons. The van der Waals surface area contributed by atoms with Gasteiger partial charge < -0.3 is 14.6 Å². The van der Waals surface area contributed by atoms with Crippen LogP contribution in [0.15, 0.2) is 22.7 Å². The molecule has 0 bridgehead atoms. The molecular weight excluding hydrogens is 266 g/mol. The molecule has 2 aromatic rings. The maximum atomic E-state index is 5.77. The molecule has 5 nitrogen and oxygen atoms in total. The van der Waals surface area contributed by atoms with Crippen LogP contribution in [0.5, 0.6) is 5.75 Å². The molecule has 1 N–H and O–H groups in total. The van der Waals surface area contributed by atoms with Gasteiger partial charge in [-0.1, -0.05) is 24.2 Å². The fraction of sp³-hybridized carbons (Fsp3) is 0.500. The number of ether oxygens (including phenoxy) is 1. The second kappa shape index (κ2) is 7.22. The van der Waals surface area contributed by atoms with E-state index in [9.17, 15) is 0 Å². The minimum atomic E-state index is 0.304. The predicted octanol–water partition coefficient (Wildman–Crippen LogP) is 3.19. The molecule has 1 heterocycles. The highest BCUT2D eigenvalue weighted by molar-refractivity contribution is 5.37. The van der Waals surface area contributed by atoms with Crippen molar-refractivity contribution < 1.29 is 9.26 Å². The van der Waals surface area contributed by atoms with E-state index in [0.717, 1.165) is 30.0 Å². The average Bonchev–Trinajstić information content (AvgIpc) is 2.93. The maximum Gasteiger partial charge on any atom is 0.264 e. The molecule has 0 aliphatic carbocycles. The summed E-state index contributed by atoms with van der Waals surface area (Å²) in [5, 5.41) is 7.14. The Balaban J connectivity index is 1.99. The third kappa shape index (κ3) is 4.04. The Morgan fingerprint density at radius 1 is 1.38 bits per heavy atom. The van der Waals surface area contributed by atoms with Gasteiger partial charge in [0.1, 0.15) is 5.75 Å². The molecule has 0 aliphatic rings. The highest BCUT2D eigenvalue weighted by Gasteiger charge is 2.09. The van der Waals surface area contributed by atoms with Crippen LogP contribution in [-0.2, 0) is 13.0 Å². The van der Waals surface area contributed by atoms with Crippen LogP contribution in [0.3, 0.4) is 0 Å². The molecule has 2 rings (SSSR count). The van der Waals surface area contributed by atoms with E-state index in [1.807, 2.05) is 20.0 Å².